The maximum Gasteiger partial charge on any atom is 0.220 e. The lowest BCUT2D eigenvalue weighted by Gasteiger charge is -2.20. The number of carbonyl (C=O) groups is 1. The summed E-state index contributed by atoms with van der Waals surface area (Å²) in [5.41, 5.74) is 0. The largest absolute Gasteiger partial charge is 0.394 e. The van der Waals surface area contributed by atoms with Crippen LogP contribution in [0.2, 0.25) is 0 Å². The van der Waals surface area contributed by atoms with Crippen molar-refractivity contribution in [3.8, 4) is 0 Å². The minimum absolute atomic E-state index is 0.0655. The molecule has 0 spiro atoms. The van der Waals surface area contributed by atoms with Crippen LogP contribution in [0.4, 0.5) is 0 Å². The molecular weight excluding hydrogens is 506 g/mol. The van der Waals surface area contributed by atoms with Gasteiger partial charge in [0.25, 0.3) is 0 Å². The molecule has 41 heavy (non-hydrogen) atoms. The van der Waals surface area contributed by atoms with E-state index in [0.29, 0.717) is 6.42 Å². The molecular formula is C37H73NO3. The van der Waals surface area contributed by atoms with E-state index in [1.54, 1.807) is 6.08 Å². The first-order valence-corrected chi connectivity index (χ1v) is 18.4. The molecule has 0 aromatic heterocycles. The van der Waals surface area contributed by atoms with Crippen LogP contribution < -0.4 is 5.32 Å². The summed E-state index contributed by atoms with van der Waals surface area (Å²) in [5, 5.41) is 22.8. The molecule has 1 amide bonds. The lowest BCUT2D eigenvalue weighted by molar-refractivity contribution is -0.123. The van der Waals surface area contributed by atoms with Gasteiger partial charge in [-0.25, -0.2) is 0 Å². The van der Waals surface area contributed by atoms with Gasteiger partial charge in [0.1, 0.15) is 0 Å². The normalized spacial score (nSPS) is 13.2. The topological polar surface area (TPSA) is 69.6 Å². The number of unbranched alkanes of at least 4 members (excludes halogenated alkanes) is 26. The predicted molar refractivity (Wildman–Crippen MR) is 179 cm³/mol. The molecule has 0 fully saturated rings. The quantitative estimate of drug-likeness (QED) is 0.0535. The molecule has 2 unspecified atom stereocenters. The van der Waals surface area contributed by atoms with Gasteiger partial charge < -0.3 is 15.5 Å². The maximum absolute atomic E-state index is 12.2. The van der Waals surface area contributed by atoms with E-state index in [9.17, 15) is 15.0 Å². The van der Waals surface area contributed by atoms with Crippen LogP contribution in [0, 0.1) is 0 Å². The van der Waals surface area contributed by atoms with Gasteiger partial charge in [-0.15, -0.1) is 0 Å². The van der Waals surface area contributed by atoms with E-state index in [1.165, 1.54) is 154 Å². The minimum atomic E-state index is -0.831. The molecule has 0 aromatic carbocycles. The van der Waals surface area contributed by atoms with E-state index in [0.717, 1.165) is 25.7 Å². The van der Waals surface area contributed by atoms with Gasteiger partial charge in [0.15, 0.2) is 0 Å². The fraction of sp³-hybridized carbons (Fsp3) is 0.919. The van der Waals surface area contributed by atoms with Crippen LogP contribution >= 0.6 is 0 Å². The summed E-state index contributed by atoms with van der Waals surface area (Å²) in [7, 11) is 0. The van der Waals surface area contributed by atoms with Crippen molar-refractivity contribution in [1.82, 2.24) is 5.32 Å². The molecule has 0 saturated carbocycles. The van der Waals surface area contributed by atoms with E-state index >= 15 is 0 Å². The third-order valence-electron chi connectivity index (χ3n) is 8.52. The number of aliphatic hydroxyl groups is 2. The Morgan fingerprint density at radius 2 is 0.902 bits per heavy atom. The van der Waals surface area contributed by atoms with Gasteiger partial charge in [-0.3, -0.25) is 4.79 Å². The fourth-order valence-electron chi connectivity index (χ4n) is 5.65. The number of nitrogens with one attached hydrogen (secondary N) is 1. The number of hydrogen-bond acceptors (Lipinski definition) is 3. The molecule has 2 atom stereocenters. The molecule has 0 radical (unpaired) electrons. The Hall–Kier alpha value is -0.870. The Morgan fingerprint density at radius 1 is 0.561 bits per heavy atom. The second-order valence-electron chi connectivity index (χ2n) is 12.7. The molecule has 0 aliphatic carbocycles. The summed E-state index contributed by atoms with van der Waals surface area (Å²) >= 11 is 0. The van der Waals surface area contributed by atoms with Crippen molar-refractivity contribution < 1.29 is 15.0 Å². The molecule has 0 saturated heterocycles. The minimum Gasteiger partial charge on any atom is -0.394 e. The van der Waals surface area contributed by atoms with Crippen molar-refractivity contribution in [2.45, 2.75) is 212 Å². The van der Waals surface area contributed by atoms with Crippen LogP contribution in [-0.2, 0) is 4.79 Å². The SMILES string of the molecule is CCCCCCCCCCCCCCCCCCC/C=C/C(O)C(CO)NC(=O)CCCCCCCCCCCC. The summed E-state index contributed by atoms with van der Waals surface area (Å²) in [6.45, 7) is 4.29. The fourth-order valence-corrected chi connectivity index (χ4v) is 5.65. The van der Waals surface area contributed by atoms with Gasteiger partial charge in [0.2, 0.25) is 5.91 Å². The van der Waals surface area contributed by atoms with Crippen molar-refractivity contribution in [2.75, 3.05) is 6.61 Å². The van der Waals surface area contributed by atoms with Gasteiger partial charge in [-0.05, 0) is 19.3 Å². The molecule has 4 nitrogen and oxygen atoms in total. The second kappa shape index (κ2) is 33.6. The van der Waals surface area contributed by atoms with Crippen LogP contribution in [0.1, 0.15) is 200 Å². The molecule has 0 bridgehead atoms. The second-order valence-corrected chi connectivity index (χ2v) is 12.7. The molecule has 0 aliphatic heterocycles. The number of amides is 1. The van der Waals surface area contributed by atoms with E-state index in [1.807, 2.05) is 6.08 Å². The van der Waals surface area contributed by atoms with Gasteiger partial charge in [0, 0.05) is 6.42 Å². The number of rotatable bonds is 33. The molecule has 4 heteroatoms. The number of allylic oxidation sites excluding steroid dienone is 1. The van der Waals surface area contributed by atoms with Crippen LogP contribution in [-0.4, -0.2) is 34.9 Å². The summed E-state index contributed by atoms with van der Waals surface area (Å²) in [6, 6.07) is -0.613. The smallest absolute Gasteiger partial charge is 0.220 e. The highest BCUT2D eigenvalue weighted by Crippen LogP contribution is 2.15. The van der Waals surface area contributed by atoms with Gasteiger partial charge in [0.05, 0.1) is 18.8 Å². The molecule has 0 aliphatic rings. The number of carbonyl (C=O) groups excluding carboxylic acids is 1. The average Bonchev–Trinajstić information content (AvgIpc) is 2.97. The zero-order valence-corrected chi connectivity index (χ0v) is 27.8. The van der Waals surface area contributed by atoms with Crippen LogP contribution in [0.5, 0.6) is 0 Å². The van der Waals surface area contributed by atoms with Crippen LogP contribution in [0.15, 0.2) is 12.2 Å². The highest BCUT2D eigenvalue weighted by atomic mass is 16.3. The molecule has 3 N–H and O–H groups in total. The lowest BCUT2D eigenvalue weighted by Crippen LogP contribution is -2.45. The van der Waals surface area contributed by atoms with E-state index < -0.39 is 12.1 Å². The molecule has 244 valence electrons. The van der Waals surface area contributed by atoms with E-state index in [4.69, 9.17) is 0 Å². The van der Waals surface area contributed by atoms with Crippen molar-refractivity contribution >= 4 is 5.91 Å². The average molecular weight is 580 g/mol. The van der Waals surface area contributed by atoms with Crippen LogP contribution in [0.25, 0.3) is 0 Å². The highest BCUT2D eigenvalue weighted by molar-refractivity contribution is 5.76. The monoisotopic (exact) mass is 580 g/mol. The number of hydrogen-bond donors (Lipinski definition) is 3. The Kier molecular flexibility index (Phi) is 32.9. The zero-order chi connectivity index (χ0) is 30.1. The first-order valence-electron chi connectivity index (χ1n) is 18.4. The summed E-state index contributed by atoms with van der Waals surface area (Å²) in [6.07, 6.45) is 40.1. The predicted octanol–water partition coefficient (Wildman–Crippen LogP) is 10.7. The lowest BCUT2D eigenvalue weighted by atomic mass is 10.0. The van der Waals surface area contributed by atoms with Gasteiger partial charge >= 0.3 is 0 Å². The Labute approximate surface area is 256 Å². The van der Waals surface area contributed by atoms with Crippen molar-refractivity contribution in [3.63, 3.8) is 0 Å². The summed E-state index contributed by atoms with van der Waals surface area (Å²) < 4.78 is 0. The van der Waals surface area contributed by atoms with Gasteiger partial charge in [-0.2, -0.15) is 0 Å². The van der Waals surface area contributed by atoms with Crippen molar-refractivity contribution in [3.05, 3.63) is 12.2 Å². The first-order chi connectivity index (χ1) is 20.2. The Bertz CT molecular complexity index is 550. The zero-order valence-electron chi connectivity index (χ0n) is 27.8. The van der Waals surface area contributed by atoms with E-state index in [2.05, 4.69) is 19.2 Å². The highest BCUT2D eigenvalue weighted by Gasteiger charge is 2.17. The van der Waals surface area contributed by atoms with Crippen LogP contribution in [0.3, 0.4) is 0 Å². The number of aliphatic hydroxyl groups excluding tert-OH is 2. The van der Waals surface area contributed by atoms with Crippen molar-refractivity contribution in [2.24, 2.45) is 0 Å². The Balaban J connectivity index is 3.56. The standard InChI is InChI=1S/C37H73NO3/c1-3-5-7-9-11-13-15-16-17-18-19-20-21-22-23-24-26-28-30-32-36(40)35(34-39)38-37(41)33-31-29-27-25-14-12-10-8-6-4-2/h30,32,35-36,39-40H,3-29,31,33-34H2,1-2H3,(H,38,41)/b32-30+. The first kappa shape index (κ1) is 40.1. The van der Waals surface area contributed by atoms with Crippen molar-refractivity contribution in [1.29, 1.82) is 0 Å². The van der Waals surface area contributed by atoms with E-state index in [-0.39, 0.29) is 12.5 Å². The Morgan fingerprint density at radius 3 is 1.27 bits per heavy atom. The maximum atomic E-state index is 12.2. The third-order valence-corrected chi connectivity index (χ3v) is 8.52. The molecule has 0 rings (SSSR count). The molecule has 0 aromatic rings. The van der Waals surface area contributed by atoms with Gasteiger partial charge in [-0.1, -0.05) is 187 Å². The molecule has 0 heterocycles. The summed E-state index contributed by atoms with van der Waals surface area (Å²) in [5.74, 6) is -0.0655. The summed E-state index contributed by atoms with van der Waals surface area (Å²) in [4.78, 5) is 12.2. The third kappa shape index (κ3) is 30.4.